The summed E-state index contributed by atoms with van der Waals surface area (Å²) in [5, 5.41) is 3.46. The molecular formula is C17H30N2O. The first-order chi connectivity index (χ1) is 9.60. The van der Waals surface area contributed by atoms with E-state index in [9.17, 15) is 0 Å². The van der Waals surface area contributed by atoms with Crippen molar-refractivity contribution in [3.8, 4) is 0 Å². The highest BCUT2D eigenvalue weighted by Crippen LogP contribution is 2.21. The number of aryl methyl sites for hydroxylation is 1. The maximum Gasteiger partial charge on any atom is 0.0637 e. The third kappa shape index (κ3) is 5.14. The number of benzene rings is 1. The molecule has 0 unspecified atom stereocenters. The molecule has 20 heavy (non-hydrogen) atoms. The fraction of sp³-hybridized carbons (Fsp3) is 0.647. The van der Waals surface area contributed by atoms with E-state index in [0.29, 0.717) is 6.04 Å². The van der Waals surface area contributed by atoms with Crippen molar-refractivity contribution in [3.05, 3.63) is 29.3 Å². The minimum Gasteiger partial charge on any atom is -0.383 e. The van der Waals surface area contributed by atoms with Crippen LogP contribution in [0.4, 0.5) is 5.69 Å². The van der Waals surface area contributed by atoms with Gasteiger partial charge in [0.15, 0.2) is 0 Å². The van der Waals surface area contributed by atoms with Crippen molar-refractivity contribution in [2.24, 2.45) is 0 Å². The van der Waals surface area contributed by atoms with Crippen LogP contribution in [-0.2, 0) is 11.3 Å². The van der Waals surface area contributed by atoms with Gasteiger partial charge in [-0.05, 0) is 57.0 Å². The van der Waals surface area contributed by atoms with Gasteiger partial charge in [-0.2, -0.15) is 0 Å². The third-order valence-electron chi connectivity index (χ3n) is 3.56. The molecule has 0 spiro atoms. The Morgan fingerprint density at radius 1 is 1.30 bits per heavy atom. The highest BCUT2D eigenvalue weighted by atomic mass is 16.5. The van der Waals surface area contributed by atoms with E-state index in [-0.39, 0.29) is 0 Å². The summed E-state index contributed by atoms with van der Waals surface area (Å²) in [6, 6.07) is 7.24. The lowest BCUT2D eigenvalue weighted by Gasteiger charge is -2.29. The van der Waals surface area contributed by atoms with Crippen molar-refractivity contribution in [3.63, 3.8) is 0 Å². The second-order valence-corrected chi connectivity index (χ2v) is 5.57. The van der Waals surface area contributed by atoms with Gasteiger partial charge in [-0.25, -0.2) is 0 Å². The van der Waals surface area contributed by atoms with Crippen molar-refractivity contribution in [1.29, 1.82) is 0 Å². The topological polar surface area (TPSA) is 24.5 Å². The Balaban J connectivity index is 2.77. The van der Waals surface area contributed by atoms with Gasteiger partial charge in [-0.15, -0.1) is 0 Å². The molecule has 1 rings (SSSR count). The van der Waals surface area contributed by atoms with Crippen LogP contribution in [0.5, 0.6) is 0 Å². The Morgan fingerprint density at radius 3 is 2.60 bits per heavy atom. The van der Waals surface area contributed by atoms with E-state index >= 15 is 0 Å². The van der Waals surface area contributed by atoms with E-state index in [1.807, 2.05) is 0 Å². The molecule has 0 bridgehead atoms. The SMILES string of the molecule is CCCNCc1ccc(N(CCOC)C(C)C)cc1C. The number of nitrogens with one attached hydrogen (secondary N) is 1. The van der Waals surface area contributed by atoms with E-state index in [4.69, 9.17) is 4.74 Å². The molecule has 3 heteroatoms. The zero-order valence-corrected chi connectivity index (χ0v) is 13.7. The van der Waals surface area contributed by atoms with E-state index in [2.05, 4.69) is 56.1 Å². The van der Waals surface area contributed by atoms with E-state index < -0.39 is 0 Å². The van der Waals surface area contributed by atoms with Gasteiger partial charge in [0.2, 0.25) is 0 Å². The first-order valence-corrected chi connectivity index (χ1v) is 7.66. The number of rotatable bonds is 9. The van der Waals surface area contributed by atoms with Crippen LogP contribution in [-0.4, -0.2) is 32.8 Å². The second-order valence-electron chi connectivity index (χ2n) is 5.57. The smallest absolute Gasteiger partial charge is 0.0637 e. The van der Waals surface area contributed by atoms with Crippen LogP contribution >= 0.6 is 0 Å². The van der Waals surface area contributed by atoms with Gasteiger partial charge in [0, 0.05) is 31.9 Å². The number of anilines is 1. The molecule has 0 saturated carbocycles. The minimum atomic E-state index is 0.480. The summed E-state index contributed by atoms with van der Waals surface area (Å²) in [7, 11) is 1.76. The Labute approximate surface area is 124 Å². The zero-order valence-electron chi connectivity index (χ0n) is 13.7. The predicted molar refractivity (Wildman–Crippen MR) is 87.5 cm³/mol. The Hall–Kier alpha value is -1.06. The molecule has 0 atom stereocenters. The Morgan fingerprint density at radius 2 is 2.05 bits per heavy atom. The third-order valence-corrected chi connectivity index (χ3v) is 3.56. The summed E-state index contributed by atoms with van der Waals surface area (Å²) in [6.45, 7) is 12.6. The molecule has 0 saturated heterocycles. The number of ether oxygens (including phenoxy) is 1. The van der Waals surface area contributed by atoms with Gasteiger partial charge in [0.1, 0.15) is 0 Å². The summed E-state index contributed by atoms with van der Waals surface area (Å²) >= 11 is 0. The zero-order chi connectivity index (χ0) is 15.0. The predicted octanol–water partition coefficient (Wildman–Crippen LogP) is 3.36. The van der Waals surface area contributed by atoms with E-state index in [1.165, 1.54) is 23.2 Å². The lowest BCUT2D eigenvalue weighted by molar-refractivity contribution is 0.204. The highest BCUT2D eigenvalue weighted by Gasteiger charge is 2.11. The van der Waals surface area contributed by atoms with Gasteiger partial charge >= 0.3 is 0 Å². The van der Waals surface area contributed by atoms with Crippen molar-refractivity contribution in [1.82, 2.24) is 5.32 Å². The Kier molecular flexibility index (Phi) is 7.63. The van der Waals surface area contributed by atoms with Crippen molar-refractivity contribution < 1.29 is 4.74 Å². The summed E-state index contributed by atoms with van der Waals surface area (Å²) in [6.07, 6.45) is 1.18. The van der Waals surface area contributed by atoms with E-state index in [0.717, 1.165) is 26.2 Å². The minimum absolute atomic E-state index is 0.480. The van der Waals surface area contributed by atoms with Gasteiger partial charge in [0.25, 0.3) is 0 Å². The molecule has 1 N–H and O–H groups in total. The number of nitrogens with zero attached hydrogens (tertiary/aromatic N) is 1. The van der Waals surface area contributed by atoms with Crippen LogP contribution < -0.4 is 10.2 Å². The van der Waals surface area contributed by atoms with Crippen molar-refractivity contribution in [2.75, 3.05) is 31.7 Å². The van der Waals surface area contributed by atoms with Crippen LogP contribution in [0.25, 0.3) is 0 Å². The fourth-order valence-electron chi connectivity index (χ4n) is 2.33. The summed E-state index contributed by atoms with van der Waals surface area (Å²) in [5.41, 5.74) is 4.03. The molecule has 0 heterocycles. The summed E-state index contributed by atoms with van der Waals surface area (Å²) in [4.78, 5) is 2.39. The Bertz CT molecular complexity index is 391. The molecule has 3 nitrogen and oxygen atoms in total. The van der Waals surface area contributed by atoms with Crippen LogP contribution in [0, 0.1) is 6.92 Å². The molecule has 114 valence electrons. The molecule has 1 aromatic carbocycles. The molecule has 0 radical (unpaired) electrons. The maximum absolute atomic E-state index is 5.21. The van der Waals surface area contributed by atoms with Crippen LogP contribution in [0.3, 0.4) is 0 Å². The fourth-order valence-corrected chi connectivity index (χ4v) is 2.33. The average Bonchev–Trinajstić information content (AvgIpc) is 2.41. The molecule has 0 aromatic heterocycles. The van der Waals surface area contributed by atoms with Gasteiger partial charge < -0.3 is 15.0 Å². The second kappa shape index (κ2) is 8.98. The molecule has 0 amide bonds. The van der Waals surface area contributed by atoms with Gasteiger partial charge in [-0.3, -0.25) is 0 Å². The average molecular weight is 278 g/mol. The van der Waals surface area contributed by atoms with E-state index in [1.54, 1.807) is 7.11 Å². The van der Waals surface area contributed by atoms with Crippen molar-refractivity contribution >= 4 is 5.69 Å². The highest BCUT2D eigenvalue weighted by molar-refractivity contribution is 5.51. The number of hydrogen-bond acceptors (Lipinski definition) is 3. The summed E-state index contributed by atoms with van der Waals surface area (Å²) < 4.78 is 5.21. The van der Waals surface area contributed by atoms with Crippen molar-refractivity contribution in [2.45, 2.75) is 46.7 Å². The lowest BCUT2D eigenvalue weighted by atomic mass is 10.1. The standard InChI is InChI=1S/C17H30N2O/c1-6-9-18-13-16-7-8-17(12-15(16)4)19(14(2)3)10-11-20-5/h7-8,12,14,18H,6,9-11,13H2,1-5H3. The molecule has 0 fully saturated rings. The van der Waals surface area contributed by atoms with Crippen LogP contribution in [0.1, 0.15) is 38.3 Å². The van der Waals surface area contributed by atoms with Gasteiger partial charge in [0.05, 0.1) is 6.61 Å². The molecule has 0 aliphatic heterocycles. The molecule has 1 aromatic rings. The quantitative estimate of drug-likeness (QED) is 0.701. The van der Waals surface area contributed by atoms with Gasteiger partial charge in [-0.1, -0.05) is 13.0 Å². The van der Waals surface area contributed by atoms with Crippen LogP contribution in [0.2, 0.25) is 0 Å². The number of hydrogen-bond donors (Lipinski definition) is 1. The number of methoxy groups -OCH3 is 1. The van der Waals surface area contributed by atoms with Crippen LogP contribution in [0.15, 0.2) is 18.2 Å². The largest absolute Gasteiger partial charge is 0.383 e. The molecule has 0 aliphatic rings. The lowest BCUT2D eigenvalue weighted by Crippen LogP contribution is -2.33. The summed E-state index contributed by atoms with van der Waals surface area (Å²) in [5.74, 6) is 0. The first kappa shape index (κ1) is 17.0. The molecule has 0 aliphatic carbocycles. The first-order valence-electron chi connectivity index (χ1n) is 7.66. The monoisotopic (exact) mass is 278 g/mol. The normalized spacial score (nSPS) is 11.1. The maximum atomic E-state index is 5.21. The molecular weight excluding hydrogens is 248 g/mol.